The van der Waals surface area contributed by atoms with Crippen molar-refractivity contribution in [2.24, 2.45) is 0 Å². The summed E-state index contributed by atoms with van der Waals surface area (Å²) in [5.41, 5.74) is 1.65. The predicted molar refractivity (Wildman–Crippen MR) is 77.4 cm³/mol. The van der Waals surface area contributed by atoms with Gasteiger partial charge in [0.15, 0.2) is 0 Å². The standard InChI is InChI=1S/C17H19FO2/c1-12-4-9-16(20-3)13(10-12)11-17(2,19)14-5-7-15(18)8-6-14/h4-10,19H,11H2,1-3H3. The number of aliphatic hydroxyl groups is 1. The third kappa shape index (κ3) is 3.17. The Morgan fingerprint density at radius 1 is 1.15 bits per heavy atom. The van der Waals surface area contributed by atoms with Gasteiger partial charge >= 0.3 is 0 Å². The lowest BCUT2D eigenvalue weighted by atomic mass is 9.88. The van der Waals surface area contributed by atoms with E-state index < -0.39 is 5.60 Å². The number of hydrogen-bond acceptors (Lipinski definition) is 2. The average molecular weight is 274 g/mol. The Morgan fingerprint density at radius 2 is 1.80 bits per heavy atom. The molecule has 0 saturated heterocycles. The van der Waals surface area contributed by atoms with Crippen molar-refractivity contribution < 1.29 is 14.2 Å². The van der Waals surface area contributed by atoms with E-state index in [1.54, 1.807) is 26.2 Å². The van der Waals surface area contributed by atoms with Crippen LogP contribution in [0.25, 0.3) is 0 Å². The van der Waals surface area contributed by atoms with Gasteiger partial charge in [-0.3, -0.25) is 0 Å². The molecule has 2 aromatic rings. The third-order valence-electron chi connectivity index (χ3n) is 3.44. The summed E-state index contributed by atoms with van der Waals surface area (Å²) in [5, 5.41) is 10.7. The Labute approximate surface area is 118 Å². The van der Waals surface area contributed by atoms with Gasteiger partial charge < -0.3 is 9.84 Å². The highest BCUT2D eigenvalue weighted by Crippen LogP contribution is 2.30. The van der Waals surface area contributed by atoms with Crippen molar-refractivity contribution in [3.8, 4) is 5.75 Å². The van der Waals surface area contributed by atoms with Crippen molar-refractivity contribution in [3.63, 3.8) is 0 Å². The second kappa shape index (κ2) is 5.63. The molecule has 0 radical (unpaired) electrons. The monoisotopic (exact) mass is 274 g/mol. The molecule has 0 aliphatic rings. The summed E-state index contributed by atoms with van der Waals surface area (Å²) in [6.07, 6.45) is 0.406. The van der Waals surface area contributed by atoms with Gasteiger partial charge in [-0.05, 0) is 43.2 Å². The maximum Gasteiger partial charge on any atom is 0.123 e. The van der Waals surface area contributed by atoms with Crippen LogP contribution in [0.1, 0.15) is 23.6 Å². The maximum atomic E-state index is 13.0. The number of aryl methyl sites for hydroxylation is 1. The second-order valence-corrected chi connectivity index (χ2v) is 5.27. The van der Waals surface area contributed by atoms with Crippen molar-refractivity contribution in [1.82, 2.24) is 0 Å². The summed E-state index contributed by atoms with van der Waals surface area (Å²) in [5.74, 6) is 0.440. The van der Waals surface area contributed by atoms with Crippen LogP contribution in [-0.4, -0.2) is 12.2 Å². The van der Waals surface area contributed by atoms with Crippen molar-refractivity contribution in [2.75, 3.05) is 7.11 Å². The van der Waals surface area contributed by atoms with E-state index in [-0.39, 0.29) is 5.82 Å². The molecule has 0 saturated carbocycles. The fraction of sp³-hybridized carbons (Fsp3) is 0.294. The Bertz CT molecular complexity index is 588. The first-order valence-corrected chi connectivity index (χ1v) is 6.54. The summed E-state index contributed by atoms with van der Waals surface area (Å²) in [6, 6.07) is 11.8. The predicted octanol–water partition coefficient (Wildman–Crippen LogP) is 3.59. The molecule has 2 aromatic carbocycles. The zero-order chi connectivity index (χ0) is 14.8. The number of benzene rings is 2. The van der Waals surface area contributed by atoms with Crippen LogP contribution < -0.4 is 4.74 Å². The molecule has 1 N–H and O–H groups in total. The molecular weight excluding hydrogens is 255 g/mol. The summed E-state index contributed by atoms with van der Waals surface area (Å²) in [6.45, 7) is 3.72. The van der Waals surface area contributed by atoms with Crippen LogP contribution in [0.2, 0.25) is 0 Å². The topological polar surface area (TPSA) is 29.5 Å². The van der Waals surface area contributed by atoms with E-state index in [1.165, 1.54) is 12.1 Å². The molecule has 106 valence electrons. The zero-order valence-electron chi connectivity index (χ0n) is 12.0. The van der Waals surface area contributed by atoms with Crippen LogP contribution in [0.15, 0.2) is 42.5 Å². The first-order valence-electron chi connectivity index (χ1n) is 6.54. The molecule has 0 heterocycles. The minimum atomic E-state index is -1.07. The van der Waals surface area contributed by atoms with Gasteiger partial charge in [-0.15, -0.1) is 0 Å². The fourth-order valence-corrected chi connectivity index (χ4v) is 2.33. The molecule has 0 bridgehead atoms. The average Bonchev–Trinajstić information content (AvgIpc) is 2.39. The smallest absolute Gasteiger partial charge is 0.123 e. The van der Waals surface area contributed by atoms with Gasteiger partial charge in [0.1, 0.15) is 11.6 Å². The Kier molecular flexibility index (Phi) is 4.09. The zero-order valence-corrected chi connectivity index (χ0v) is 12.0. The lowest BCUT2D eigenvalue weighted by Crippen LogP contribution is -2.24. The van der Waals surface area contributed by atoms with Crippen LogP contribution in [0.3, 0.4) is 0 Å². The van der Waals surface area contributed by atoms with Crippen LogP contribution in [0.5, 0.6) is 5.75 Å². The van der Waals surface area contributed by atoms with Crippen LogP contribution >= 0.6 is 0 Å². The summed E-state index contributed by atoms with van der Waals surface area (Å²) >= 11 is 0. The number of methoxy groups -OCH3 is 1. The van der Waals surface area contributed by atoms with E-state index in [9.17, 15) is 9.50 Å². The van der Waals surface area contributed by atoms with Gasteiger partial charge in [0.05, 0.1) is 12.7 Å². The van der Waals surface area contributed by atoms with E-state index >= 15 is 0 Å². The number of hydrogen-bond donors (Lipinski definition) is 1. The number of halogens is 1. The van der Waals surface area contributed by atoms with Crippen molar-refractivity contribution in [3.05, 3.63) is 65.0 Å². The minimum Gasteiger partial charge on any atom is -0.496 e. The molecule has 0 aliphatic carbocycles. The molecule has 0 aliphatic heterocycles. The Morgan fingerprint density at radius 3 is 2.40 bits per heavy atom. The van der Waals surface area contributed by atoms with Gasteiger partial charge in [-0.25, -0.2) is 4.39 Å². The molecule has 0 fully saturated rings. The highest BCUT2D eigenvalue weighted by Gasteiger charge is 2.25. The molecule has 1 atom stereocenters. The van der Waals surface area contributed by atoms with Crippen molar-refractivity contribution in [1.29, 1.82) is 0 Å². The summed E-state index contributed by atoms with van der Waals surface area (Å²) in [4.78, 5) is 0. The number of ether oxygens (including phenoxy) is 1. The Hall–Kier alpha value is -1.87. The first-order chi connectivity index (χ1) is 9.42. The Balaban J connectivity index is 2.32. The quantitative estimate of drug-likeness (QED) is 0.923. The number of rotatable bonds is 4. The van der Waals surface area contributed by atoms with Crippen LogP contribution in [0, 0.1) is 12.7 Å². The maximum absolute atomic E-state index is 13.0. The van der Waals surface area contributed by atoms with Gasteiger partial charge in [0.2, 0.25) is 0 Å². The van der Waals surface area contributed by atoms with Gasteiger partial charge in [-0.2, -0.15) is 0 Å². The molecule has 0 spiro atoms. The van der Waals surface area contributed by atoms with E-state index in [2.05, 4.69) is 0 Å². The normalized spacial score (nSPS) is 13.8. The SMILES string of the molecule is COc1ccc(C)cc1CC(C)(O)c1ccc(F)cc1. The molecule has 1 unspecified atom stereocenters. The molecule has 0 amide bonds. The lowest BCUT2D eigenvalue weighted by Gasteiger charge is -2.25. The van der Waals surface area contributed by atoms with E-state index in [0.29, 0.717) is 12.0 Å². The molecule has 20 heavy (non-hydrogen) atoms. The highest BCUT2D eigenvalue weighted by molar-refractivity contribution is 5.39. The van der Waals surface area contributed by atoms with Crippen molar-refractivity contribution >= 4 is 0 Å². The van der Waals surface area contributed by atoms with E-state index in [0.717, 1.165) is 16.9 Å². The largest absolute Gasteiger partial charge is 0.496 e. The van der Waals surface area contributed by atoms with E-state index in [1.807, 2.05) is 25.1 Å². The summed E-state index contributed by atoms with van der Waals surface area (Å²) < 4.78 is 18.3. The van der Waals surface area contributed by atoms with Gasteiger partial charge in [0.25, 0.3) is 0 Å². The third-order valence-corrected chi connectivity index (χ3v) is 3.44. The molecule has 3 heteroatoms. The molecule has 2 rings (SSSR count). The fourth-order valence-electron chi connectivity index (χ4n) is 2.33. The highest BCUT2D eigenvalue weighted by atomic mass is 19.1. The molecule has 0 aromatic heterocycles. The van der Waals surface area contributed by atoms with Crippen molar-refractivity contribution in [2.45, 2.75) is 25.9 Å². The second-order valence-electron chi connectivity index (χ2n) is 5.27. The van der Waals surface area contributed by atoms with Gasteiger partial charge in [-0.1, -0.05) is 29.8 Å². The molecular formula is C17H19FO2. The minimum absolute atomic E-state index is 0.308. The molecule has 2 nitrogen and oxygen atoms in total. The first kappa shape index (κ1) is 14.5. The van der Waals surface area contributed by atoms with E-state index in [4.69, 9.17) is 4.74 Å². The van der Waals surface area contributed by atoms with Crippen LogP contribution in [-0.2, 0) is 12.0 Å². The lowest BCUT2D eigenvalue weighted by molar-refractivity contribution is 0.0569. The van der Waals surface area contributed by atoms with Crippen LogP contribution in [0.4, 0.5) is 4.39 Å². The summed E-state index contributed by atoms with van der Waals surface area (Å²) in [7, 11) is 1.61. The van der Waals surface area contributed by atoms with Gasteiger partial charge in [0, 0.05) is 6.42 Å².